The van der Waals surface area contributed by atoms with Gasteiger partial charge in [-0.05, 0) is 6.42 Å². The fourth-order valence-corrected chi connectivity index (χ4v) is 1.58. The maximum Gasteiger partial charge on any atom is 0.228 e. The third-order valence-corrected chi connectivity index (χ3v) is 2.38. The lowest BCUT2D eigenvalue weighted by atomic mass is 9.98. The van der Waals surface area contributed by atoms with Crippen molar-refractivity contribution in [1.82, 2.24) is 9.78 Å². The molecule has 3 N–H and O–H groups in total. The predicted octanol–water partition coefficient (Wildman–Crippen LogP) is 0.133. The van der Waals surface area contributed by atoms with Crippen molar-refractivity contribution in [3.8, 4) is 0 Å². The number of fused-ring (bicyclic) bond motifs is 1. The van der Waals surface area contributed by atoms with Gasteiger partial charge in [-0.15, -0.1) is 0 Å². The molecule has 0 saturated heterocycles. The summed E-state index contributed by atoms with van der Waals surface area (Å²) in [5.74, 6) is 1.28. The molecule has 0 aromatic carbocycles. The molecule has 0 radical (unpaired) electrons. The van der Waals surface area contributed by atoms with Crippen molar-refractivity contribution in [1.29, 1.82) is 0 Å². The first-order chi connectivity index (χ1) is 6.09. The van der Waals surface area contributed by atoms with Crippen LogP contribution in [0.3, 0.4) is 0 Å². The number of anilines is 2. The number of aromatic nitrogens is 2. The van der Waals surface area contributed by atoms with Gasteiger partial charge in [0.1, 0.15) is 5.82 Å². The van der Waals surface area contributed by atoms with E-state index >= 15 is 0 Å². The smallest absolute Gasteiger partial charge is 0.228 e. The van der Waals surface area contributed by atoms with E-state index in [1.807, 2.05) is 6.92 Å². The second-order valence-corrected chi connectivity index (χ2v) is 3.43. The van der Waals surface area contributed by atoms with Crippen molar-refractivity contribution < 1.29 is 4.79 Å². The largest absolute Gasteiger partial charge is 0.382 e. The molecule has 0 saturated carbocycles. The molecule has 0 aliphatic carbocycles. The minimum absolute atomic E-state index is 0.0148. The molecule has 1 aliphatic heterocycles. The van der Waals surface area contributed by atoms with Crippen LogP contribution in [0.5, 0.6) is 0 Å². The summed E-state index contributed by atoms with van der Waals surface area (Å²) in [5.41, 5.74) is 6.64. The van der Waals surface area contributed by atoms with E-state index in [2.05, 4.69) is 10.4 Å². The van der Waals surface area contributed by atoms with E-state index in [9.17, 15) is 4.79 Å². The Hall–Kier alpha value is -1.52. The monoisotopic (exact) mass is 180 g/mol. The van der Waals surface area contributed by atoms with Crippen molar-refractivity contribution in [2.24, 2.45) is 13.0 Å². The van der Waals surface area contributed by atoms with Crippen LogP contribution in [0.4, 0.5) is 11.6 Å². The van der Waals surface area contributed by atoms with Crippen LogP contribution in [0.25, 0.3) is 0 Å². The van der Waals surface area contributed by atoms with Crippen LogP contribution >= 0.6 is 0 Å². The summed E-state index contributed by atoms with van der Waals surface area (Å²) in [7, 11) is 1.77. The van der Waals surface area contributed by atoms with Gasteiger partial charge < -0.3 is 11.1 Å². The standard InChI is InChI=1S/C8H12N4O/c1-4-3-5-6(9)11-12(2)7(5)10-8(4)13/h4H,3H2,1-2H3,(H2,9,11)(H,10,13)/t4-/m1/s1. The normalized spacial score (nSPS) is 21.1. The van der Waals surface area contributed by atoms with Gasteiger partial charge in [-0.2, -0.15) is 5.10 Å². The summed E-state index contributed by atoms with van der Waals surface area (Å²) in [6.45, 7) is 1.88. The molecule has 1 aromatic rings. The molecule has 5 nitrogen and oxygen atoms in total. The Morgan fingerprint density at radius 1 is 1.69 bits per heavy atom. The Bertz CT molecular complexity index is 368. The van der Waals surface area contributed by atoms with E-state index in [0.717, 1.165) is 11.4 Å². The van der Waals surface area contributed by atoms with Gasteiger partial charge in [-0.25, -0.2) is 0 Å². The van der Waals surface area contributed by atoms with Crippen LogP contribution in [-0.2, 0) is 18.3 Å². The summed E-state index contributed by atoms with van der Waals surface area (Å²) in [6.07, 6.45) is 0.681. The van der Waals surface area contributed by atoms with E-state index in [-0.39, 0.29) is 11.8 Å². The topological polar surface area (TPSA) is 72.9 Å². The molecule has 2 heterocycles. The number of hydrogen-bond acceptors (Lipinski definition) is 3. The van der Waals surface area contributed by atoms with Crippen LogP contribution in [0.15, 0.2) is 0 Å². The second-order valence-electron chi connectivity index (χ2n) is 3.43. The summed E-state index contributed by atoms with van der Waals surface area (Å²) in [4.78, 5) is 11.3. The first-order valence-corrected chi connectivity index (χ1v) is 4.22. The van der Waals surface area contributed by atoms with Crippen LogP contribution in [0.2, 0.25) is 0 Å². The first-order valence-electron chi connectivity index (χ1n) is 4.22. The first kappa shape index (κ1) is 8.10. The van der Waals surface area contributed by atoms with E-state index in [0.29, 0.717) is 12.2 Å². The summed E-state index contributed by atoms with van der Waals surface area (Å²) in [6, 6.07) is 0. The molecule has 1 amide bonds. The van der Waals surface area contributed by atoms with Gasteiger partial charge in [0.25, 0.3) is 0 Å². The second kappa shape index (κ2) is 2.48. The maximum absolute atomic E-state index is 11.3. The number of nitrogen functional groups attached to an aromatic ring is 1. The lowest BCUT2D eigenvalue weighted by molar-refractivity contribution is -0.119. The molecule has 0 bridgehead atoms. The summed E-state index contributed by atoms with van der Waals surface area (Å²) < 4.78 is 1.61. The average molecular weight is 180 g/mol. The highest BCUT2D eigenvalue weighted by Crippen LogP contribution is 2.28. The van der Waals surface area contributed by atoms with E-state index in [1.165, 1.54) is 0 Å². The molecule has 5 heteroatoms. The number of carbonyl (C=O) groups excluding carboxylic acids is 1. The molecule has 1 atom stereocenters. The van der Waals surface area contributed by atoms with Crippen LogP contribution in [-0.4, -0.2) is 15.7 Å². The van der Waals surface area contributed by atoms with Crippen molar-refractivity contribution >= 4 is 17.5 Å². The number of aryl methyl sites for hydroxylation is 1. The highest BCUT2D eigenvalue weighted by molar-refractivity contribution is 5.95. The van der Waals surface area contributed by atoms with E-state index < -0.39 is 0 Å². The minimum atomic E-state index is -0.0148. The quantitative estimate of drug-likeness (QED) is 0.596. The van der Waals surface area contributed by atoms with Crippen LogP contribution in [0.1, 0.15) is 12.5 Å². The number of hydrogen-bond donors (Lipinski definition) is 2. The Morgan fingerprint density at radius 2 is 2.38 bits per heavy atom. The molecule has 1 aromatic heterocycles. The van der Waals surface area contributed by atoms with E-state index in [1.54, 1.807) is 11.7 Å². The highest BCUT2D eigenvalue weighted by atomic mass is 16.2. The molecule has 1 aliphatic rings. The zero-order chi connectivity index (χ0) is 9.59. The number of nitrogens with one attached hydrogen (secondary N) is 1. The van der Waals surface area contributed by atoms with Crippen molar-refractivity contribution in [3.63, 3.8) is 0 Å². The Kier molecular flexibility index (Phi) is 1.55. The van der Waals surface area contributed by atoms with E-state index in [4.69, 9.17) is 5.73 Å². The predicted molar refractivity (Wildman–Crippen MR) is 49.1 cm³/mol. The van der Waals surface area contributed by atoms with Gasteiger partial charge in [0.2, 0.25) is 5.91 Å². The number of nitrogens with two attached hydrogens (primary N) is 1. The Balaban J connectivity index is 2.50. The van der Waals surface area contributed by atoms with Gasteiger partial charge in [0.05, 0.1) is 0 Å². The Labute approximate surface area is 75.9 Å². The maximum atomic E-state index is 11.3. The van der Waals surface area contributed by atoms with Gasteiger partial charge >= 0.3 is 0 Å². The summed E-state index contributed by atoms with van der Waals surface area (Å²) in [5, 5.41) is 6.82. The van der Waals surface area contributed by atoms with Gasteiger partial charge in [0.15, 0.2) is 5.82 Å². The van der Waals surface area contributed by atoms with Gasteiger partial charge in [0, 0.05) is 18.5 Å². The number of carbonyl (C=O) groups is 1. The average Bonchev–Trinajstić information content (AvgIpc) is 2.31. The van der Waals surface area contributed by atoms with Crippen LogP contribution < -0.4 is 11.1 Å². The van der Waals surface area contributed by atoms with Crippen molar-refractivity contribution in [2.45, 2.75) is 13.3 Å². The van der Waals surface area contributed by atoms with Gasteiger partial charge in [-0.1, -0.05) is 6.92 Å². The Morgan fingerprint density at radius 3 is 3.08 bits per heavy atom. The SMILES string of the molecule is C[C@@H]1Cc2c(N)nn(C)c2NC1=O. The molecule has 0 spiro atoms. The minimum Gasteiger partial charge on any atom is -0.382 e. The zero-order valence-corrected chi connectivity index (χ0v) is 7.66. The fourth-order valence-electron chi connectivity index (χ4n) is 1.58. The lowest BCUT2D eigenvalue weighted by Crippen LogP contribution is -2.28. The molecule has 2 rings (SSSR count). The van der Waals surface area contributed by atoms with Crippen LogP contribution in [0, 0.1) is 5.92 Å². The fraction of sp³-hybridized carbons (Fsp3) is 0.500. The summed E-state index contributed by atoms with van der Waals surface area (Å²) >= 11 is 0. The lowest BCUT2D eigenvalue weighted by Gasteiger charge is -2.18. The third kappa shape index (κ3) is 1.07. The van der Waals surface area contributed by atoms with Crippen molar-refractivity contribution in [2.75, 3.05) is 11.1 Å². The zero-order valence-electron chi connectivity index (χ0n) is 7.66. The molecule has 13 heavy (non-hydrogen) atoms. The molecular weight excluding hydrogens is 168 g/mol. The number of rotatable bonds is 0. The number of amides is 1. The molecule has 70 valence electrons. The molecule has 0 fully saturated rings. The number of nitrogens with zero attached hydrogens (tertiary/aromatic N) is 2. The highest BCUT2D eigenvalue weighted by Gasteiger charge is 2.27. The molecule has 0 unspecified atom stereocenters. The molecular formula is C8H12N4O. The third-order valence-electron chi connectivity index (χ3n) is 2.38. The van der Waals surface area contributed by atoms with Crippen molar-refractivity contribution in [3.05, 3.63) is 5.56 Å². The van der Waals surface area contributed by atoms with Gasteiger partial charge in [-0.3, -0.25) is 9.48 Å².